The Kier molecular flexibility index (Phi) is 6.02. The molecule has 3 heterocycles. The normalized spacial score (nSPS) is 15.7. The third-order valence-corrected chi connectivity index (χ3v) is 8.70. The fourth-order valence-electron chi connectivity index (χ4n) is 3.97. The van der Waals surface area contributed by atoms with Gasteiger partial charge in [0.25, 0.3) is 5.56 Å². The summed E-state index contributed by atoms with van der Waals surface area (Å²) in [5.41, 5.74) is 2.43. The topological polar surface area (TPSA) is 87.9 Å². The molecule has 0 unspecified atom stereocenters. The molecule has 1 aliphatic heterocycles. The Bertz CT molecular complexity index is 1510. The molecule has 176 valence electrons. The second kappa shape index (κ2) is 8.99. The van der Waals surface area contributed by atoms with Crippen LogP contribution in [0.5, 0.6) is 0 Å². The largest absolute Gasteiger partial charge is 0.295 e. The molecule has 0 N–H and O–H groups in total. The van der Waals surface area contributed by atoms with Gasteiger partial charge in [-0.15, -0.1) is 0 Å². The van der Waals surface area contributed by atoms with Gasteiger partial charge in [0.2, 0.25) is 15.0 Å². The van der Waals surface area contributed by atoms with Crippen LogP contribution < -0.4 is 5.56 Å². The molecular formula is C23H22FN5O3S2. The second-order valence-electron chi connectivity index (χ2n) is 8.14. The van der Waals surface area contributed by atoms with Crippen molar-refractivity contribution >= 4 is 26.3 Å². The molecule has 2 aromatic heterocycles. The summed E-state index contributed by atoms with van der Waals surface area (Å²) in [6.07, 6.45) is 0. The zero-order valence-corrected chi connectivity index (χ0v) is 20.0. The summed E-state index contributed by atoms with van der Waals surface area (Å²) in [4.78, 5) is 20.0. The minimum atomic E-state index is -3.67. The Morgan fingerprint density at radius 1 is 1.03 bits per heavy atom. The van der Waals surface area contributed by atoms with Crippen LogP contribution in [-0.4, -0.2) is 58.4 Å². The molecule has 0 radical (unpaired) electrons. The minimum Gasteiger partial charge on any atom is -0.295 e. The number of nitrogens with zero attached hydrogens (tertiary/aromatic N) is 5. The molecule has 1 aliphatic rings. The molecule has 4 aromatic rings. The molecule has 0 saturated carbocycles. The summed E-state index contributed by atoms with van der Waals surface area (Å²) in [6.45, 7) is 4.04. The van der Waals surface area contributed by atoms with E-state index >= 15 is 0 Å². The summed E-state index contributed by atoms with van der Waals surface area (Å²) in [7, 11) is -3.67. The van der Waals surface area contributed by atoms with Crippen LogP contribution in [-0.2, 0) is 16.6 Å². The molecule has 11 heteroatoms. The average molecular weight is 500 g/mol. The van der Waals surface area contributed by atoms with Gasteiger partial charge in [-0.2, -0.15) is 13.9 Å². The van der Waals surface area contributed by atoms with Gasteiger partial charge in [0.05, 0.1) is 10.6 Å². The van der Waals surface area contributed by atoms with Crippen LogP contribution in [0.15, 0.2) is 64.3 Å². The van der Waals surface area contributed by atoms with E-state index < -0.39 is 15.8 Å². The van der Waals surface area contributed by atoms with E-state index in [4.69, 9.17) is 0 Å². The maximum Gasteiger partial charge on any atom is 0.275 e. The number of rotatable bonds is 5. The average Bonchev–Trinajstić information content (AvgIpc) is 3.24. The Hall–Kier alpha value is -2.99. The van der Waals surface area contributed by atoms with Gasteiger partial charge in [0.15, 0.2) is 0 Å². The van der Waals surface area contributed by atoms with Gasteiger partial charge in [0.1, 0.15) is 10.8 Å². The van der Waals surface area contributed by atoms with E-state index in [1.807, 2.05) is 31.2 Å². The number of benzene rings is 2. The van der Waals surface area contributed by atoms with Crippen LogP contribution >= 0.6 is 11.3 Å². The van der Waals surface area contributed by atoms with E-state index in [0.717, 1.165) is 28.3 Å². The molecule has 5 rings (SSSR count). The number of hydrogen-bond donors (Lipinski definition) is 0. The van der Waals surface area contributed by atoms with Crippen molar-refractivity contribution in [3.63, 3.8) is 0 Å². The second-order valence-corrected chi connectivity index (χ2v) is 11.0. The van der Waals surface area contributed by atoms with Crippen molar-refractivity contribution in [1.82, 2.24) is 23.8 Å². The molecule has 0 atom stereocenters. The van der Waals surface area contributed by atoms with E-state index in [-0.39, 0.29) is 10.5 Å². The smallest absolute Gasteiger partial charge is 0.275 e. The predicted molar refractivity (Wildman–Crippen MR) is 128 cm³/mol. The standard InChI is InChI=1S/C23H22FN5O3S2/c1-16-4-2-3-5-20(16)22-26-29-21(30)14-18(25-23(29)33-22)15-27-10-12-28(13-11-27)34(31,32)19-8-6-17(24)7-9-19/h2-9,14H,10-13,15H2,1H3. The summed E-state index contributed by atoms with van der Waals surface area (Å²) in [6, 6.07) is 14.2. The van der Waals surface area contributed by atoms with Crippen LogP contribution in [0.3, 0.4) is 0 Å². The molecular weight excluding hydrogens is 477 g/mol. The SMILES string of the molecule is Cc1ccccc1-c1nn2c(=O)cc(CN3CCN(S(=O)(=O)c4ccc(F)cc4)CC3)nc2s1. The molecule has 34 heavy (non-hydrogen) atoms. The first-order chi connectivity index (χ1) is 16.3. The molecule has 8 nitrogen and oxygen atoms in total. The highest BCUT2D eigenvalue weighted by Gasteiger charge is 2.28. The molecule has 0 amide bonds. The summed E-state index contributed by atoms with van der Waals surface area (Å²) >= 11 is 1.37. The Labute approximate surface area is 200 Å². The first kappa shape index (κ1) is 22.8. The van der Waals surface area contributed by atoms with Crippen LogP contribution in [0.25, 0.3) is 15.5 Å². The highest BCUT2D eigenvalue weighted by atomic mass is 32.2. The van der Waals surface area contributed by atoms with Crippen LogP contribution in [0.1, 0.15) is 11.3 Å². The molecule has 0 spiro atoms. The molecule has 0 bridgehead atoms. The van der Waals surface area contributed by atoms with Crippen LogP contribution in [0.2, 0.25) is 0 Å². The van der Waals surface area contributed by atoms with E-state index in [2.05, 4.69) is 15.0 Å². The van der Waals surface area contributed by atoms with E-state index in [0.29, 0.717) is 43.4 Å². The zero-order valence-electron chi connectivity index (χ0n) is 18.4. The zero-order chi connectivity index (χ0) is 23.9. The molecule has 1 saturated heterocycles. The number of piperazine rings is 1. The van der Waals surface area contributed by atoms with Gasteiger partial charge in [0, 0.05) is 44.4 Å². The number of halogens is 1. The monoisotopic (exact) mass is 499 g/mol. The van der Waals surface area contributed by atoms with Crippen molar-refractivity contribution in [2.24, 2.45) is 0 Å². The molecule has 2 aromatic carbocycles. The van der Waals surface area contributed by atoms with Crippen molar-refractivity contribution in [3.8, 4) is 10.6 Å². The number of sulfonamides is 1. The summed E-state index contributed by atoms with van der Waals surface area (Å²) in [5.74, 6) is -0.476. The van der Waals surface area contributed by atoms with Gasteiger partial charge in [-0.05, 0) is 36.8 Å². The third kappa shape index (κ3) is 4.39. The summed E-state index contributed by atoms with van der Waals surface area (Å²) < 4.78 is 41.5. The first-order valence-corrected chi connectivity index (χ1v) is 13.0. The lowest BCUT2D eigenvalue weighted by atomic mass is 10.1. The highest BCUT2D eigenvalue weighted by Crippen LogP contribution is 2.27. The Morgan fingerprint density at radius 3 is 2.44 bits per heavy atom. The molecule has 1 fully saturated rings. The maximum atomic E-state index is 13.2. The number of aromatic nitrogens is 3. The van der Waals surface area contributed by atoms with Gasteiger partial charge in [-0.3, -0.25) is 9.69 Å². The van der Waals surface area contributed by atoms with Gasteiger partial charge < -0.3 is 0 Å². The number of aryl methyl sites for hydroxylation is 1. The van der Waals surface area contributed by atoms with E-state index in [9.17, 15) is 17.6 Å². The first-order valence-electron chi connectivity index (χ1n) is 10.8. The van der Waals surface area contributed by atoms with Crippen molar-refractivity contribution in [2.75, 3.05) is 26.2 Å². The predicted octanol–water partition coefficient (Wildman–Crippen LogP) is 2.77. The third-order valence-electron chi connectivity index (χ3n) is 5.84. The van der Waals surface area contributed by atoms with Crippen molar-refractivity contribution in [1.29, 1.82) is 0 Å². The minimum absolute atomic E-state index is 0.0807. The van der Waals surface area contributed by atoms with E-state index in [1.54, 1.807) is 0 Å². The van der Waals surface area contributed by atoms with Crippen LogP contribution in [0.4, 0.5) is 4.39 Å². The maximum absolute atomic E-state index is 13.2. The Balaban J connectivity index is 1.30. The number of fused-ring (bicyclic) bond motifs is 1. The fourth-order valence-corrected chi connectivity index (χ4v) is 6.41. The quantitative estimate of drug-likeness (QED) is 0.420. The van der Waals surface area contributed by atoms with Gasteiger partial charge >= 0.3 is 0 Å². The van der Waals surface area contributed by atoms with Gasteiger partial charge in [-0.25, -0.2) is 17.8 Å². The number of hydrogen-bond acceptors (Lipinski definition) is 7. The highest BCUT2D eigenvalue weighted by molar-refractivity contribution is 7.89. The lowest BCUT2D eigenvalue weighted by molar-refractivity contribution is 0.180. The summed E-state index contributed by atoms with van der Waals surface area (Å²) in [5, 5.41) is 5.19. The van der Waals surface area contributed by atoms with E-state index in [1.165, 1.54) is 38.4 Å². The van der Waals surface area contributed by atoms with Gasteiger partial charge in [-0.1, -0.05) is 35.6 Å². The lowest BCUT2D eigenvalue weighted by Crippen LogP contribution is -2.48. The van der Waals surface area contributed by atoms with Crippen molar-refractivity contribution in [3.05, 3.63) is 82.0 Å². The lowest BCUT2D eigenvalue weighted by Gasteiger charge is -2.33. The Morgan fingerprint density at radius 2 is 1.74 bits per heavy atom. The van der Waals surface area contributed by atoms with Crippen molar-refractivity contribution in [2.45, 2.75) is 18.4 Å². The molecule has 0 aliphatic carbocycles. The van der Waals surface area contributed by atoms with Crippen LogP contribution in [0, 0.1) is 12.7 Å². The van der Waals surface area contributed by atoms with Crippen molar-refractivity contribution < 1.29 is 12.8 Å². The fraction of sp³-hybridized carbons (Fsp3) is 0.261.